The lowest BCUT2D eigenvalue weighted by atomic mass is 10.1. The van der Waals surface area contributed by atoms with E-state index in [1.54, 1.807) is 25.2 Å². The maximum Gasteiger partial charge on any atom is 0.279 e. The molecule has 0 aliphatic rings. The molecule has 0 unspecified atom stereocenters. The number of rotatable bonds is 6. The molecule has 0 aliphatic carbocycles. The van der Waals surface area contributed by atoms with Crippen LogP contribution in [0.3, 0.4) is 0 Å². The lowest BCUT2D eigenvalue weighted by Crippen LogP contribution is -2.41. The molecule has 7 heteroatoms. The summed E-state index contributed by atoms with van der Waals surface area (Å²) >= 11 is 4.89. The van der Waals surface area contributed by atoms with Crippen molar-refractivity contribution < 1.29 is 8.42 Å². The Kier molecular flexibility index (Phi) is 5.42. The molecule has 0 amide bonds. The highest BCUT2D eigenvalue weighted by Gasteiger charge is 2.19. The summed E-state index contributed by atoms with van der Waals surface area (Å²) in [5, 5.41) is 0. The number of hydrogen-bond donors (Lipinski definition) is 2. The second-order valence-corrected chi connectivity index (χ2v) is 6.76. The first-order valence-corrected chi connectivity index (χ1v) is 7.70. The minimum atomic E-state index is -3.47. The van der Waals surface area contributed by atoms with Crippen LogP contribution in [0.15, 0.2) is 24.3 Å². The standard InChI is InChI=1S/C12H19N3O2S2/c1-9(2)15(3)19(16,17)14-8-10-5-4-6-11(7-10)12(13)18/h4-7,9,14H,8H2,1-3H3,(H2,13,18). The summed E-state index contributed by atoms with van der Waals surface area (Å²) in [5.74, 6) is 0. The smallest absolute Gasteiger partial charge is 0.279 e. The number of nitrogens with one attached hydrogen (secondary N) is 1. The van der Waals surface area contributed by atoms with E-state index in [9.17, 15) is 8.42 Å². The molecule has 0 aromatic heterocycles. The average molecular weight is 301 g/mol. The van der Waals surface area contributed by atoms with Gasteiger partial charge in [-0.1, -0.05) is 30.4 Å². The van der Waals surface area contributed by atoms with Gasteiger partial charge in [-0.3, -0.25) is 0 Å². The number of thiocarbonyl (C=S) groups is 1. The summed E-state index contributed by atoms with van der Waals surface area (Å²) < 4.78 is 27.7. The van der Waals surface area contributed by atoms with Crippen LogP contribution < -0.4 is 10.5 Å². The number of nitrogens with zero attached hydrogens (tertiary/aromatic N) is 1. The number of hydrogen-bond acceptors (Lipinski definition) is 3. The minimum Gasteiger partial charge on any atom is -0.389 e. The second-order valence-electron chi connectivity index (χ2n) is 4.50. The third-order valence-corrected chi connectivity index (χ3v) is 4.70. The van der Waals surface area contributed by atoms with Crippen LogP contribution in [-0.2, 0) is 16.8 Å². The Bertz CT molecular complexity index is 556. The highest BCUT2D eigenvalue weighted by molar-refractivity contribution is 7.87. The summed E-state index contributed by atoms with van der Waals surface area (Å²) in [4.78, 5) is 0.295. The minimum absolute atomic E-state index is 0.0968. The molecule has 0 heterocycles. The van der Waals surface area contributed by atoms with Gasteiger partial charge in [0, 0.05) is 25.2 Å². The highest BCUT2D eigenvalue weighted by atomic mass is 32.2. The van der Waals surface area contributed by atoms with E-state index < -0.39 is 10.2 Å². The van der Waals surface area contributed by atoms with E-state index in [-0.39, 0.29) is 12.6 Å². The Morgan fingerprint density at radius 1 is 1.47 bits per heavy atom. The molecule has 0 aliphatic heterocycles. The molecule has 106 valence electrons. The van der Waals surface area contributed by atoms with Crippen LogP contribution in [0.4, 0.5) is 0 Å². The van der Waals surface area contributed by atoms with Gasteiger partial charge in [0.15, 0.2) is 0 Å². The summed E-state index contributed by atoms with van der Waals surface area (Å²) in [6.07, 6.45) is 0. The van der Waals surface area contributed by atoms with Crippen LogP contribution >= 0.6 is 12.2 Å². The molecule has 1 rings (SSSR count). The Morgan fingerprint density at radius 3 is 2.63 bits per heavy atom. The van der Waals surface area contributed by atoms with Gasteiger partial charge in [0.2, 0.25) is 0 Å². The monoisotopic (exact) mass is 301 g/mol. The first-order valence-electron chi connectivity index (χ1n) is 5.85. The Balaban J connectivity index is 2.77. The van der Waals surface area contributed by atoms with Crippen molar-refractivity contribution in [2.75, 3.05) is 7.05 Å². The van der Waals surface area contributed by atoms with Crippen LogP contribution in [0.2, 0.25) is 0 Å². The lowest BCUT2D eigenvalue weighted by molar-refractivity contribution is 0.402. The van der Waals surface area contributed by atoms with Crippen LogP contribution in [0, 0.1) is 0 Å². The quantitative estimate of drug-likeness (QED) is 0.769. The molecule has 0 fully saturated rings. The molecule has 1 aromatic rings. The predicted molar refractivity (Wildman–Crippen MR) is 81.0 cm³/mol. The molecule has 5 nitrogen and oxygen atoms in total. The van der Waals surface area contributed by atoms with Crippen molar-refractivity contribution in [2.45, 2.75) is 26.4 Å². The van der Waals surface area contributed by atoms with E-state index in [0.717, 1.165) is 11.1 Å². The Labute approximate surface area is 120 Å². The van der Waals surface area contributed by atoms with E-state index in [2.05, 4.69) is 4.72 Å². The van der Waals surface area contributed by atoms with Crippen LogP contribution in [0.5, 0.6) is 0 Å². The molecule has 0 spiro atoms. The fraction of sp³-hybridized carbons (Fsp3) is 0.417. The van der Waals surface area contributed by atoms with E-state index >= 15 is 0 Å². The fourth-order valence-electron chi connectivity index (χ4n) is 1.39. The summed E-state index contributed by atoms with van der Waals surface area (Å²) in [5.41, 5.74) is 7.07. The Morgan fingerprint density at radius 2 is 2.11 bits per heavy atom. The first-order chi connectivity index (χ1) is 8.74. The van der Waals surface area contributed by atoms with Gasteiger partial charge in [0.1, 0.15) is 4.99 Å². The molecule has 19 heavy (non-hydrogen) atoms. The fourth-order valence-corrected chi connectivity index (χ4v) is 2.62. The van der Waals surface area contributed by atoms with Gasteiger partial charge >= 0.3 is 0 Å². The van der Waals surface area contributed by atoms with E-state index in [0.29, 0.717) is 4.99 Å². The van der Waals surface area contributed by atoms with Crippen molar-refractivity contribution in [2.24, 2.45) is 5.73 Å². The van der Waals surface area contributed by atoms with Gasteiger partial charge in [0.25, 0.3) is 10.2 Å². The van der Waals surface area contributed by atoms with Gasteiger partial charge in [0.05, 0.1) is 0 Å². The molecule has 0 saturated carbocycles. The largest absolute Gasteiger partial charge is 0.389 e. The van der Waals surface area contributed by atoms with E-state index in [4.69, 9.17) is 18.0 Å². The maximum absolute atomic E-state index is 11.9. The lowest BCUT2D eigenvalue weighted by Gasteiger charge is -2.21. The topological polar surface area (TPSA) is 75.4 Å². The molecule has 0 radical (unpaired) electrons. The molecule has 1 aromatic carbocycles. The summed E-state index contributed by atoms with van der Waals surface area (Å²) in [6.45, 7) is 3.83. The third kappa shape index (κ3) is 4.54. The summed E-state index contributed by atoms with van der Waals surface area (Å²) in [7, 11) is -1.93. The van der Waals surface area contributed by atoms with Crippen molar-refractivity contribution in [1.29, 1.82) is 0 Å². The molecular formula is C12H19N3O2S2. The van der Waals surface area contributed by atoms with Gasteiger partial charge in [-0.25, -0.2) is 0 Å². The maximum atomic E-state index is 11.9. The SMILES string of the molecule is CC(C)N(C)S(=O)(=O)NCc1cccc(C(N)=S)c1. The van der Waals surface area contributed by atoms with Crippen LogP contribution in [-0.4, -0.2) is 30.8 Å². The normalized spacial score (nSPS) is 12.1. The van der Waals surface area contributed by atoms with Gasteiger partial charge < -0.3 is 5.73 Å². The van der Waals surface area contributed by atoms with Gasteiger partial charge in [-0.05, 0) is 25.5 Å². The molecular weight excluding hydrogens is 282 g/mol. The highest BCUT2D eigenvalue weighted by Crippen LogP contribution is 2.07. The van der Waals surface area contributed by atoms with Gasteiger partial charge in [-0.15, -0.1) is 0 Å². The molecule has 3 N–H and O–H groups in total. The average Bonchev–Trinajstić information content (AvgIpc) is 2.35. The summed E-state index contributed by atoms with van der Waals surface area (Å²) in [6, 6.07) is 7.09. The third-order valence-electron chi connectivity index (χ3n) is 2.78. The zero-order valence-electron chi connectivity index (χ0n) is 11.3. The first kappa shape index (κ1) is 16.0. The van der Waals surface area contributed by atoms with Crippen LogP contribution in [0.1, 0.15) is 25.0 Å². The molecule has 0 bridgehead atoms. The predicted octanol–water partition coefficient (Wildman–Crippen LogP) is 0.995. The van der Waals surface area contributed by atoms with Crippen molar-refractivity contribution in [3.63, 3.8) is 0 Å². The van der Waals surface area contributed by atoms with Crippen molar-refractivity contribution in [3.8, 4) is 0 Å². The van der Waals surface area contributed by atoms with Crippen molar-refractivity contribution in [1.82, 2.24) is 9.03 Å². The zero-order valence-corrected chi connectivity index (χ0v) is 12.9. The van der Waals surface area contributed by atoms with Crippen molar-refractivity contribution >= 4 is 27.4 Å². The zero-order chi connectivity index (χ0) is 14.6. The van der Waals surface area contributed by atoms with Gasteiger partial charge in [-0.2, -0.15) is 17.4 Å². The molecule has 0 atom stereocenters. The second kappa shape index (κ2) is 6.42. The van der Waals surface area contributed by atoms with E-state index in [1.165, 1.54) is 4.31 Å². The number of nitrogens with two attached hydrogens (primary N) is 1. The Hall–Kier alpha value is -1.02. The van der Waals surface area contributed by atoms with Crippen LogP contribution in [0.25, 0.3) is 0 Å². The number of benzene rings is 1. The van der Waals surface area contributed by atoms with Crippen molar-refractivity contribution in [3.05, 3.63) is 35.4 Å². The molecule has 0 saturated heterocycles. The van der Waals surface area contributed by atoms with E-state index in [1.807, 2.05) is 19.9 Å².